The smallest absolute Gasteiger partial charge is 0.123 e. The molecule has 0 amide bonds. The molecule has 0 bridgehead atoms. The number of hydrogen-bond acceptors (Lipinski definition) is 1. The Balaban J connectivity index is 2.11. The van der Waals surface area contributed by atoms with E-state index in [9.17, 15) is 4.39 Å². The summed E-state index contributed by atoms with van der Waals surface area (Å²) in [5, 5.41) is 4.46. The second-order valence-corrected chi connectivity index (χ2v) is 4.89. The second kappa shape index (κ2) is 5.59. The van der Waals surface area contributed by atoms with E-state index in [0.717, 1.165) is 16.8 Å². The molecule has 0 spiro atoms. The molecule has 1 nitrogen and oxygen atoms in total. The molecule has 0 aliphatic heterocycles. The van der Waals surface area contributed by atoms with E-state index in [0.29, 0.717) is 16.6 Å². The number of anilines is 1. The summed E-state index contributed by atoms with van der Waals surface area (Å²) < 4.78 is 13.0. The van der Waals surface area contributed by atoms with Crippen LogP contribution in [-0.4, -0.2) is 0 Å². The van der Waals surface area contributed by atoms with Crippen molar-refractivity contribution < 1.29 is 4.39 Å². The highest BCUT2D eigenvalue weighted by molar-refractivity contribution is 6.35. The van der Waals surface area contributed by atoms with Crippen molar-refractivity contribution in [3.63, 3.8) is 0 Å². The number of benzene rings is 2. The van der Waals surface area contributed by atoms with E-state index in [1.54, 1.807) is 18.2 Å². The zero-order chi connectivity index (χ0) is 13.1. The highest BCUT2D eigenvalue weighted by Gasteiger charge is 2.03. The molecule has 2 rings (SSSR count). The van der Waals surface area contributed by atoms with Gasteiger partial charge in [-0.3, -0.25) is 0 Å². The van der Waals surface area contributed by atoms with Crippen molar-refractivity contribution in [3.8, 4) is 0 Å². The van der Waals surface area contributed by atoms with E-state index in [2.05, 4.69) is 5.32 Å². The lowest BCUT2D eigenvalue weighted by Crippen LogP contribution is -2.01. The third-order valence-electron chi connectivity index (χ3n) is 2.67. The average molecular weight is 284 g/mol. The van der Waals surface area contributed by atoms with Gasteiger partial charge in [0, 0.05) is 22.3 Å². The molecule has 0 atom stereocenters. The van der Waals surface area contributed by atoms with Gasteiger partial charge in [0.1, 0.15) is 5.82 Å². The lowest BCUT2D eigenvalue weighted by Gasteiger charge is -2.11. The molecule has 0 saturated heterocycles. The highest BCUT2D eigenvalue weighted by atomic mass is 35.5. The third kappa shape index (κ3) is 3.15. The van der Waals surface area contributed by atoms with Crippen molar-refractivity contribution >= 4 is 28.9 Å². The molecule has 0 heterocycles. The van der Waals surface area contributed by atoms with Crippen LogP contribution in [0.4, 0.5) is 10.1 Å². The standard InChI is InChI=1S/C14H12Cl2FN/c1-9-6-12(17)4-5-14(9)18-8-10-2-3-11(15)7-13(10)16/h2-7,18H,8H2,1H3. The van der Waals surface area contributed by atoms with Crippen molar-refractivity contribution in [3.05, 3.63) is 63.4 Å². The van der Waals surface area contributed by atoms with Gasteiger partial charge in [0.2, 0.25) is 0 Å². The fraction of sp³-hybridized carbons (Fsp3) is 0.143. The third-order valence-corrected chi connectivity index (χ3v) is 3.26. The van der Waals surface area contributed by atoms with Gasteiger partial charge in [-0.1, -0.05) is 29.3 Å². The quantitative estimate of drug-likeness (QED) is 0.831. The fourth-order valence-electron chi connectivity index (χ4n) is 1.68. The summed E-state index contributed by atoms with van der Waals surface area (Å²) in [7, 11) is 0. The monoisotopic (exact) mass is 283 g/mol. The van der Waals surface area contributed by atoms with Crippen LogP contribution in [0.1, 0.15) is 11.1 Å². The van der Waals surface area contributed by atoms with Crippen LogP contribution < -0.4 is 5.32 Å². The minimum absolute atomic E-state index is 0.234. The first kappa shape index (κ1) is 13.2. The normalized spacial score (nSPS) is 10.4. The van der Waals surface area contributed by atoms with Gasteiger partial charge in [-0.25, -0.2) is 4.39 Å². The van der Waals surface area contributed by atoms with Crippen LogP contribution in [0, 0.1) is 12.7 Å². The Bertz CT molecular complexity index is 518. The van der Waals surface area contributed by atoms with E-state index in [1.807, 2.05) is 13.0 Å². The summed E-state index contributed by atoms with van der Waals surface area (Å²) in [5.41, 5.74) is 2.70. The highest BCUT2D eigenvalue weighted by Crippen LogP contribution is 2.23. The molecule has 4 heteroatoms. The molecule has 18 heavy (non-hydrogen) atoms. The molecule has 0 aliphatic carbocycles. The summed E-state index contributed by atoms with van der Waals surface area (Å²) in [5.74, 6) is -0.234. The van der Waals surface area contributed by atoms with Crippen LogP contribution in [0.3, 0.4) is 0 Å². The maximum atomic E-state index is 13.0. The Hall–Kier alpha value is -1.25. The zero-order valence-corrected chi connectivity index (χ0v) is 11.3. The van der Waals surface area contributed by atoms with Gasteiger partial charge < -0.3 is 5.32 Å². The number of nitrogens with one attached hydrogen (secondary N) is 1. The average Bonchev–Trinajstić information content (AvgIpc) is 2.30. The van der Waals surface area contributed by atoms with E-state index in [4.69, 9.17) is 23.2 Å². The predicted molar refractivity (Wildman–Crippen MR) is 74.9 cm³/mol. The van der Waals surface area contributed by atoms with E-state index >= 15 is 0 Å². The van der Waals surface area contributed by atoms with Crippen LogP contribution in [0.25, 0.3) is 0 Å². The van der Waals surface area contributed by atoms with Gasteiger partial charge in [0.25, 0.3) is 0 Å². The molecular formula is C14H12Cl2FN. The van der Waals surface area contributed by atoms with Crippen molar-refractivity contribution in [1.29, 1.82) is 0 Å². The largest absolute Gasteiger partial charge is 0.381 e. The molecule has 0 radical (unpaired) electrons. The van der Waals surface area contributed by atoms with Gasteiger partial charge in [-0.15, -0.1) is 0 Å². The van der Waals surface area contributed by atoms with Crippen LogP contribution >= 0.6 is 23.2 Å². The van der Waals surface area contributed by atoms with Crippen LogP contribution in [-0.2, 0) is 6.54 Å². The molecule has 2 aromatic carbocycles. The van der Waals surface area contributed by atoms with Crippen LogP contribution in [0.2, 0.25) is 10.0 Å². The summed E-state index contributed by atoms with van der Waals surface area (Å²) >= 11 is 11.9. The number of hydrogen-bond donors (Lipinski definition) is 1. The van der Waals surface area contributed by atoms with E-state index < -0.39 is 0 Å². The first-order chi connectivity index (χ1) is 8.56. The molecule has 0 aromatic heterocycles. The summed E-state index contributed by atoms with van der Waals surface area (Å²) in [6.07, 6.45) is 0. The Kier molecular flexibility index (Phi) is 4.10. The van der Waals surface area contributed by atoms with Crippen molar-refractivity contribution in [1.82, 2.24) is 0 Å². The Morgan fingerprint density at radius 1 is 1.11 bits per heavy atom. The maximum absolute atomic E-state index is 13.0. The van der Waals surface area contributed by atoms with Gasteiger partial charge in [0.05, 0.1) is 0 Å². The van der Waals surface area contributed by atoms with Gasteiger partial charge in [-0.2, -0.15) is 0 Å². The SMILES string of the molecule is Cc1cc(F)ccc1NCc1ccc(Cl)cc1Cl. The minimum Gasteiger partial charge on any atom is -0.381 e. The molecule has 0 saturated carbocycles. The van der Waals surface area contributed by atoms with Gasteiger partial charge in [-0.05, 0) is 48.4 Å². The maximum Gasteiger partial charge on any atom is 0.123 e. The molecular weight excluding hydrogens is 272 g/mol. The Labute approximate surface area is 116 Å². The Morgan fingerprint density at radius 3 is 2.56 bits per heavy atom. The molecule has 1 N–H and O–H groups in total. The number of rotatable bonds is 3. The molecule has 0 aliphatic rings. The van der Waals surface area contributed by atoms with Crippen LogP contribution in [0.5, 0.6) is 0 Å². The summed E-state index contributed by atoms with van der Waals surface area (Å²) in [6, 6.07) is 10.0. The van der Waals surface area contributed by atoms with Gasteiger partial charge in [0.15, 0.2) is 0 Å². The van der Waals surface area contributed by atoms with Crippen molar-refractivity contribution in [2.24, 2.45) is 0 Å². The minimum atomic E-state index is -0.234. The first-order valence-corrected chi connectivity index (χ1v) is 6.26. The molecule has 94 valence electrons. The van der Waals surface area contributed by atoms with Crippen LogP contribution in [0.15, 0.2) is 36.4 Å². The summed E-state index contributed by atoms with van der Waals surface area (Å²) in [6.45, 7) is 2.43. The molecule has 0 unspecified atom stereocenters. The van der Waals surface area contributed by atoms with Gasteiger partial charge >= 0.3 is 0 Å². The lowest BCUT2D eigenvalue weighted by atomic mass is 10.1. The topological polar surface area (TPSA) is 12.0 Å². The predicted octanol–water partition coefficient (Wildman–Crippen LogP) is 5.05. The molecule has 2 aromatic rings. The zero-order valence-electron chi connectivity index (χ0n) is 9.81. The number of aryl methyl sites for hydroxylation is 1. The first-order valence-electron chi connectivity index (χ1n) is 5.50. The second-order valence-electron chi connectivity index (χ2n) is 4.05. The summed E-state index contributed by atoms with van der Waals surface area (Å²) in [4.78, 5) is 0. The molecule has 0 fully saturated rings. The Morgan fingerprint density at radius 2 is 1.89 bits per heavy atom. The lowest BCUT2D eigenvalue weighted by molar-refractivity contribution is 0.627. The van der Waals surface area contributed by atoms with E-state index in [-0.39, 0.29) is 5.82 Å². The van der Waals surface area contributed by atoms with Crippen molar-refractivity contribution in [2.45, 2.75) is 13.5 Å². The van der Waals surface area contributed by atoms with Crippen molar-refractivity contribution in [2.75, 3.05) is 5.32 Å². The van der Waals surface area contributed by atoms with E-state index in [1.165, 1.54) is 12.1 Å². The fourth-order valence-corrected chi connectivity index (χ4v) is 2.16. The number of halogens is 3.